The molecule has 0 radical (unpaired) electrons. The average Bonchev–Trinajstić information content (AvgIpc) is 2.85. The normalized spacial score (nSPS) is 24.3. The van der Waals surface area contributed by atoms with Crippen molar-refractivity contribution in [3.05, 3.63) is 34.7 Å². The van der Waals surface area contributed by atoms with Gasteiger partial charge in [0.1, 0.15) is 6.54 Å². The Kier molecular flexibility index (Phi) is 6.45. The lowest BCUT2D eigenvalue weighted by molar-refractivity contribution is -0.131. The Bertz CT molecular complexity index is 660. The zero-order chi connectivity index (χ0) is 18.5. The van der Waals surface area contributed by atoms with E-state index in [4.69, 9.17) is 4.74 Å². The first kappa shape index (κ1) is 19.1. The van der Waals surface area contributed by atoms with Crippen LogP contribution < -0.4 is 5.56 Å². The summed E-state index contributed by atoms with van der Waals surface area (Å²) in [6, 6.07) is 5.34. The Morgan fingerprint density at radius 2 is 2.04 bits per heavy atom. The van der Waals surface area contributed by atoms with Crippen molar-refractivity contribution in [3.8, 4) is 0 Å². The quantitative estimate of drug-likeness (QED) is 0.744. The number of aromatic nitrogens is 1. The molecule has 3 rings (SSSR count). The fraction of sp³-hybridized carbons (Fsp3) is 0.684. The van der Waals surface area contributed by atoms with E-state index in [-0.39, 0.29) is 24.1 Å². The van der Waals surface area contributed by atoms with E-state index in [1.54, 1.807) is 18.3 Å². The van der Waals surface area contributed by atoms with Crippen LogP contribution in [0.15, 0.2) is 29.2 Å². The number of carbonyl (C=O) groups is 1. The fourth-order valence-electron chi connectivity index (χ4n) is 3.85. The number of hydrogen-bond donors (Lipinski definition) is 0. The molecule has 7 heteroatoms. The highest BCUT2D eigenvalue weighted by Crippen LogP contribution is 2.23. The van der Waals surface area contributed by atoms with Crippen molar-refractivity contribution < 1.29 is 9.53 Å². The lowest BCUT2D eigenvalue weighted by atomic mass is 10.0. The van der Waals surface area contributed by atoms with E-state index >= 15 is 0 Å². The van der Waals surface area contributed by atoms with E-state index in [1.165, 1.54) is 10.6 Å². The smallest absolute Gasteiger partial charge is 0.250 e. The summed E-state index contributed by atoms with van der Waals surface area (Å²) in [5.74, 6) is 0.0109. The van der Waals surface area contributed by atoms with Crippen molar-refractivity contribution in [2.75, 3.05) is 53.4 Å². The lowest BCUT2D eigenvalue weighted by Gasteiger charge is -2.40. The van der Waals surface area contributed by atoms with Crippen molar-refractivity contribution in [3.63, 3.8) is 0 Å². The highest BCUT2D eigenvalue weighted by Gasteiger charge is 2.35. The molecule has 0 bridgehead atoms. The number of carbonyl (C=O) groups excluding carboxylic acids is 1. The van der Waals surface area contributed by atoms with Crippen LogP contribution in [0.1, 0.15) is 12.8 Å². The molecule has 2 atom stereocenters. The summed E-state index contributed by atoms with van der Waals surface area (Å²) >= 11 is 0. The number of amides is 1. The minimum atomic E-state index is -0.137. The second-order valence-corrected chi connectivity index (χ2v) is 7.44. The molecule has 0 aromatic carbocycles. The summed E-state index contributed by atoms with van der Waals surface area (Å²) < 4.78 is 7.49. The van der Waals surface area contributed by atoms with E-state index in [1.807, 2.05) is 4.90 Å². The Morgan fingerprint density at radius 1 is 1.23 bits per heavy atom. The molecule has 1 amide bonds. The number of ether oxygens (including phenoxy) is 1. The second kappa shape index (κ2) is 8.79. The molecule has 0 N–H and O–H groups in total. The number of nitrogens with zero attached hydrogens (tertiary/aromatic N) is 4. The third kappa shape index (κ3) is 4.72. The summed E-state index contributed by atoms with van der Waals surface area (Å²) in [6.45, 7) is 5.32. The van der Waals surface area contributed by atoms with Gasteiger partial charge in [0, 0.05) is 51.0 Å². The number of hydrogen-bond acceptors (Lipinski definition) is 5. The molecular weight excluding hydrogens is 332 g/mol. The van der Waals surface area contributed by atoms with Crippen LogP contribution in [-0.2, 0) is 16.1 Å². The van der Waals surface area contributed by atoms with Crippen molar-refractivity contribution in [2.24, 2.45) is 0 Å². The van der Waals surface area contributed by atoms with Crippen LogP contribution in [0.25, 0.3) is 0 Å². The highest BCUT2D eigenvalue weighted by atomic mass is 16.5. The summed E-state index contributed by atoms with van der Waals surface area (Å²) in [6.07, 6.45) is 3.65. The van der Waals surface area contributed by atoms with Crippen molar-refractivity contribution in [1.29, 1.82) is 0 Å². The first-order valence-electron chi connectivity index (χ1n) is 9.48. The number of likely N-dealkylation sites (N-methyl/N-ethyl adjacent to an activating group) is 1. The average molecular weight is 362 g/mol. The van der Waals surface area contributed by atoms with Crippen LogP contribution >= 0.6 is 0 Å². The van der Waals surface area contributed by atoms with E-state index in [0.29, 0.717) is 12.6 Å². The minimum Gasteiger partial charge on any atom is -0.375 e. The Morgan fingerprint density at radius 3 is 2.81 bits per heavy atom. The number of pyridine rings is 1. The first-order chi connectivity index (χ1) is 12.5. The molecule has 7 nitrogen and oxygen atoms in total. The molecular formula is C19H30N4O3. The maximum Gasteiger partial charge on any atom is 0.250 e. The van der Waals surface area contributed by atoms with E-state index in [9.17, 15) is 9.59 Å². The van der Waals surface area contributed by atoms with Gasteiger partial charge < -0.3 is 19.1 Å². The van der Waals surface area contributed by atoms with Crippen molar-refractivity contribution in [2.45, 2.75) is 31.5 Å². The second-order valence-electron chi connectivity index (χ2n) is 7.44. The lowest BCUT2D eigenvalue weighted by Crippen LogP contribution is -2.52. The van der Waals surface area contributed by atoms with Gasteiger partial charge in [-0.15, -0.1) is 0 Å². The molecule has 26 heavy (non-hydrogen) atoms. The molecule has 0 saturated carbocycles. The van der Waals surface area contributed by atoms with Gasteiger partial charge in [-0.2, -0.15) is 0 Å². The molecule has 144 valence electrons. The van der Waals surface area contributed by atoms with Crippen LogP contribution in [0, 0.1) is 0 Å². The Labute approximate surface area is 155 Å². The summed E-state index contributed by atoms with van der Waals surface area (Å²) in [5.41, 5.74) is -0.137. The maximum absolute atomic E-state index is 12.7. The van der Waals surface area contributed by atoms with Crippen LogP contribution in [-0.4, -0.2) is 90.7 Å². The first-order valence-corrected chi connectivity index (χ1v) is 9.48. The van der Waals surface area contributed by atoms with Gasteiger partial charge in [-0.25, -0.2) is 0 Å². The topological polar surface area (TPSA) is 58.0 Å². The van der Waals surface area contributed by atoms with Crippen LogP contribution in [0.3, 0.4) is 0 Å². The maximum atomic E-state index is 12.7. The van der Waals surface area contributed by atoms with Crippen molar-refractivity contribution >= 4 is 5.91 Å². The van der Waals surface area contributed by atoms with Gasteiger partial charge in [-0.1, -0.05) is 6.07 Å². The molecule has 0 spiro atoms. The largest absolute Gasteiger partial charge is 0.375 e. The zero-order valence-corrected chi connectivity index (χ0v) is 15.8. The molecule has 2 fully saturated rings. The van der Waals surface area contributed by atoms with Gasteiger partial charge in [0.2, 0.25) is 5.91 Å². The monoisotopic (exact) mass is 362 g/mol. The van der Waals surface area contributed by atoms with Crippen LogP contribution in [0.5, 0.6) is 0 Å². The van der Waals surface area contributed by atoms with Crippen molar-refractivity contribution in [1.82, 2.24) is 19.3 Å². The summed E-state index contributed by atoms with van der Waals surface area (Å²) in [4.78, 5) is 31.1. The predicted molar refractivity (Wildman–Crippen MR) is 100 cm³/mol. The fourth-order valence-corrected chi connectivity index (χ4v) is 3.85. The van der Waals surface area contributed by atoms with Crippen LogP contribution in [0.2, 0.25) is 0 Å². The van der Waals surface area contributed by atoms with Gasteiger partial charge in [-0.3, -0.25) is 14.5 Å². The third-order valence-electron chi connectivity index (χ3n) is 5.38. The number of likely N-dealkylation sites (tertiary alicyclic amines) is 1. The summed E-state index contributed by atoms with van der Waals surface area (Å²) in [7, 11) is 4.19. The number of rotatable bonds is 5. The number of fused-ring (bicyclic) bond motifs is 1. The highest BCUT2D eigenvalue weighted by molar-refractivity contribution is 5.76. The molecule has 0 aliphatic carbocycles. The van der Waals surface area contributed by atoms with Gasteiger partial charge in [0.05, 0.1) is 12.7 Å². The zero-order valence-electron chi connectivity index (χ0n) is 15.8. The van der Waals surface area contributed by atoms with Gasteiger partial charge >= 0.3 is 0 Å². The molecule has 1 aromatic rings. The minimum absolute atomic E-state index is 0.0109. The third-order valence-corrected chi connectivity index (χ3v) is 5.38. The standard InChI is InChI=1S/C19H30N4O3/c1-20(2)11-12-21-13-14-26-17-7-10-22(9-6-16(17)21)19(25)15-23-8-4-3-5-18(23)24/h3-5,8,16-17H,6-7,9-15H2,1-2H3. The SMILES string of the molecule is CN(C)CCN1CCOC2CCN(C(=O)Cn3ccccc3=O)CCC21. The van der Waals surface area contributed by atoms with Gasteiger partial charge in [0.15, 0.2) is 0 Å². The molecule has 2 unspecified atom stereocenters. The van der Waals surface area contributed by atoms with E-state index < -0.39 is 0 Å². The molecule has 2 aliphatic rings. The van der Waals surface area contributed by atoms with E-state index in [0.717, 1.165) is 45.6 Å². The number of morpholine rings is 1. The van der Waals surface area contributed by atoms with Gasteiger partial charge in [-0.05, 0) is 33.0 Å². The summed E-state index contributed by atoms with van der Waals surface area (Å²) in [5, 5.41) is 0. The predicted octanol–water partition coefficient (Wildman–Crippen LogP) is 0.102. The Hall–Kier alpha value is -1.70. The molecule has 2 saturated heterocycles. The molecule has 3 heterocycles. The van der Waals surface area contributed by atoms with Crippen LogP contribution in [0.4, 0.5) is 0 Å². The molecule has 2 aliphatic heterocycles. The molecule has 1 aromatic heterocycles. The Balaban J connectivity index is 1.60. The van der Waals surface area contributed by atoms with E-state index in [2.05, 4.69) is 23.9 Å². The van der Waals surface area contributed by atoms with Gasteiger partial charge in [0.25, 0.3) is 5.56 Å².